The highest BCUT2D eigenvalue weighted by atomic mass is 35.5. The largest absolute Gasteiger partial charge is 0.469 e. The minimum Gasteiger partial charge on any atom is -0.469 e. The molecule has 0 spiro atoms. The molecule has 1 aliphatic heterocycles. The van der Waals surface area contributed by atoms with Crippen LogP contribution >= 0.6 is 11.6 Å². The van der Waals surface area contributed by atoms with Crippen LogP contribution in [0.15, 0.2) is 82.0 Å². The lowest BCUT2D eigenvalue weighted by atomic mass is 9.94. The first-order chi connectivity index (χ1) is 16.5. The molecule has 34 heavy (non-hydrogen) atoms. The Bertz CT molecular complexity index is 1290. The molecule has 2 amide bonds. The molecule has 1 aromatic carbocycles. The summed E-state index contributed by atoms with van der Waals surface area (Å²) in [5.41, 5.74) is 1.08. The lowest BCUT2D eigenvalue weighted by Crippen LogP contribution is -2.64. The summed E-state index contributed by atoms with van der Waals surface area (Å²) in [6.45, 7) is 2.77. The van der Waals surface area contributed by atoms with Crippen molar-refractivity contribution in [3.05, 3.63) is 95.2 Å². The number of fused-ring (bicyclic) bond motifs is 1. The van der Waals surface area contributed by atoms with Crippen LogP contribution in [-0.2, 0) is 24.3 Å². The van der Waals surface area contributed by atoms with Crippen molar-refractivity contribution in [3.8, 4) is 11.5 Å². The van der Waals surface area contributed by atoms with Gasteiger partial charge in [0.1, 0.15) is 22.8 Å². The minimum absolute atomic E-state index is 0.209. The van der Waals surface area contributed by atoms with Crippen LogP contribution in [0, 0.1) is 0 Å². The number of hydrogen-bond donors (Lipinski definition) is 1. The molecule has 0 saturated heterocycles. The first-order valence-corrected chi connectivity index (χ1v) is 11.4. The number of hydrogen-bond acceptors (Lipinski definition) is 4. The zero-order valence-corrected chi connectivity index (χ0v) is 19.4. The summed E-state index contributed by atoms with van der Waals surface area (Å²) in [6.07, 6.45) is 3.70. The van der Waals surface area contributed by atoms with Gasteiger partial charge in [0, 0.05) is 24.5 Å². The molecule has 0 saturated carbocycles. The summed E-state index contributed by atoms with van der Waals surface area (Å²) in [5, 5.41) is 3.65. The maximum absolute atomic E-state index is 13.6. The molecule has 1 atom stereocenters. The van der Waals surface area contributed by atoms with Gasteiger partial charge in [-0.05, 0) is 61.0 Å². The van der Waals surface area contributed by atoms with Crippen molar-refractivity contribution in [1.29, 1.82) is 0 Å². The van der Waals surface area contributed by atoms with Crippen molar-refractivity contribution in [1.82, 2.24) is 14.8 Å². The molecule has 8 heteroatoms. The van der Waals surface area contributed by atoms with E-state index in [1.54, 1.807) is 48.6 Å². The second kappa shape index (κ2) is 8.91. The zero-order chi connectivity index (χ0) is 23.7. The molecule has 0 aliphatic carbocycles. The molecular weight excluding hydrogens is 454 g/mol. The fraction of sp³-hybridized carbons (Fsp3) is 0.231. The zero-order valence-electron chi connectivity index (χ0n) is 18.7. The Hall–Kier alpha value is -3.71. The second-order valence-electron chi connectivity index (χ2n) is 8.54. The lowest BCUT2D eigenvalue weighted by molar-refractivity contribution is -0.133. The van der Waals surface area contributed by atoms with Crippen LogP contribution in [0.4, 0.5) is 0 Å². The fourth-order valence-electron chi connectivity index (χ4n) is 4.41. The third kappa shape index (κ3) is 4.03. The van der Waals surface area contributed by atoms with Crippen molar-refractivity contribution in [2.24, 2.45) is 0 Å². The molecule has 1 N–H and O–H groups in total. The molecule has 0 fully saturated rings. The van der Waals surface area contributed by atoms with Gasteiger partial charge in [0.15, 0.2) is 0 Å². The Kier molecular flexibility index (Phi) is 5.79. The standard InChI is InChI=1S/C26H24ClN3O4/c1-26(25(32)28-16-18-6-8-19(27)9-7-18)17-29-21(23-5-3-15-34-23)10-11-22(29)24(31)30(26)13-12-20-4-2-14-33-20/h2-11,14-15H,12-13,16-17H2,1H3,(H,28,32)/t26-/m0/s1. The Morgan fingerprint density at radius 3 is 2.47 bits per heavy atom. The summed E-state index contributed by atoms with van der Waals surface area (Å²) in [4.78, 5) is 28.9. The number of halogens is 1. The van der Waals surface area contributed by atoms with Gasteiger partial charge in [-0.1, -0.05) is 23.7 Å². The number of benzene rings is 1. The highest BCUT2D eigenvalue weighted by Gasteiger charge is 2.47. The number of carbonyl (C=O) groups excluding carboxylic acids is 2. The van der Waals surface area contributed by atoms with E-state index in [1.807, 2.05) is 41.0 Å². The Morgan fingerprint density at radius 1 is 1.03 bits per heavy atom. The minimum atomic E-state index is -1.12. The van der Waals surface area contributed by atoms with Gasteiger partial charge in [0.25, 0.3) is 5.91 Å². The molecule has 7 nitrogen and oxygen atoms in total. The third-order valence-electron chi connectivity index (χ3n) is 6.30. The molecular formula is C26H24ClN3O4. The second-order valence-corrected chi connectivity index (χ2v) is 8.97. The van der Waals surface area contributed by atoms with Crippen LogP contribution < -0.4 is 5.32 Å². The van der Waals surface area contributed by atoms with E-state index in [4.69, 9.17) is 20.4 Å². The van der Waals surface area contributed by atoms with Crippen molar-refractivity contribution in [2.75, 3.05) is 6.54 Å². The number of aromatic nitrogens is 1. The highest BCUT2D eigenvalue weighted by molar-refractivity contribution is 6.30. The van der Waals surface area contributed by atoms with Crippen LogP contribution in [-0.4, -0.2) is 33.4 Å². The predicted molar refractivity (Wildman–Crippen MR) is 127 cm³/mol. The number of carbonyl (C=O) groups is 2. The van der Waals surface area contributed by atoms with Crippen LogP contribution in [0.5, 0.6) is 0 Å². The van der Waals surface area contributed by atoms with Gasteiger partial charge < -0.3 is 23.6 Å². The van der Waals surface area contributed by atoms with E-state index in [9.17, 15) is 9.59 Å². The maximum atomic E-state index is 13.6. The molecule has 0 bridgehead atoms. The fourth-order valence-corrected chi connectivity index (χ4v) is 4.54. The number of nitrogens with one attached hydrogen (secondary N) is 1. The molecule has 4 heterocycles. The first kappa shape index (κ1) is 22.1. The smallest absolute Gasteiger partial charge is 0.271 e. The quantitative estimate of drug-likeness (QED) is 0.416. The van der Waals surface area contributed by atoms with Gasteiger partial charge in [0.05, 0.1) is 24.8 Å². The number of furan rings is 2. The molecule has 0 unspecified atom stereocenters. The van der Waals surface area contributed by atoms with Crippen LogP contribution in [0.1, 0.15) is 28.7 Å². The van der Waals surface area contributed by atoms with E-state index >= 15 is 0 Å². The molecule has 5 rings (SSSR count). The van der Waals surface area contributed by atoms with Crippen molar-refractivity contribution >= 4 is 23.4 Å². The molecule has 4 aromatic rings. The Morgan fingerprint density at radius 2 is 1.76 bits per heavy atom. The summed E-state index contributed by atoms with van der Waals surface area (Å²) in [7, 11) is 0. The molecule has 0 radical (unpaired) electrons. The first-order valence-electron chi connectivity index (χ1n) is 11.1. The van der Waals surface area contributed by atoms with E-state index in [2.05, 4.69) is 5.32 Å². The van der Waals surface area contributed by atoms with E-state index in [0.717, 1.165) is 17.0 Å². The maximum Gasteiger partial charge on any atom is 0.271 e. The van der Waals surface area contributed by atoms with Gasteiger partial charge >= 0.3 is 0 Å². The summed E-state index contributed by atoms with van der Waals surface area (Å²) >= 11 is 5.98. The van der Waals surface area contributed by atoms with Gasteiger partial charge in [-0.3, -0.25) is 9.59 Å². The Labute approximate surface area is 201 Å². The van der Waals surface area contributed by atoms with Crippen LogP contribution in [0.2, 0.25) is 5.02 Å². The molecule has 3 aromatic heterocycles. The van der Waals surface area contributed by atoms with E-state index in [1.165, 1.54) is 0 Å². The summed E-state index contributed by atoms with van der Waals surface area (Å²) < 4.78 is 12.9. The number of rotatable bonds is 7. The average molecular weight is 478 g/mol. The third-order valence-corrected chi connectivity index (χ3v) is 6.55. The van der Waals surface area contributed by atoms with E-state index < -0.39 is 5.54 Å². The monoisotopic (exact) mass is 477 g/mol. The van der Waals surface area contributed by atoms with Crippen molar-refractivity contribution in [3.63, 3.8) is 0 Å². The SMILES string of the molecule is C[C@@]1(C(=O)NCc2ccc(Cl)cc2)Cn2c(ccc2-c2ccco2)C(=O)N1CCc1ccco1. The predicted octanol–water partition coefficient (Wildman–Crippen LogP) is 4.77. The van der Waals surface area contributed by atoms with Crippen LogP contribution in [0.3, 0.4) is 0 Å². The molecule has 1 aliphatic rings. The van der Waals surface area contributed by atoms with Crippen LogP contribution in [0.25, 0.3) is 11.5 Å². The van der Waals surface area contributed by atoms with Gasteiger partial charge in [-0.25, -0.2) is 0 Å². The Balaban J connectivity index is 1.46. The summed E-state index contributed by atoms with van der Waals surface area (Å²) in [6, 6.07) is 18.3. The average Bonchev–Trinajstić information content (AvgIpc) is 3.60. The highest BCUT2D eigenvalue weighted by Crippen LogP contribution is 2.33. The lowest BCUT2D eigenvalue weighted by Gasteiger charge is -2.44. The summed E-state index contributed by atoms with van der Waals surface area (Å²) in [5.74, 6) is 0.959. The molecule has 174 valence electrons. The normalized spacial score (nSPS) is 17.6. The van der Waals surface area contributed by atoms with Crippen molar-refractivity contribution < 1.29 is 18.4 Å². The van der Waals surface area contributed by atoms with E-state index in [-0.39, 0.29) is 11.8 Å². The van der Waals surface area contributed by atoms with Crippen molar-refractivity contribution in [2.45, 2.75) is 32.0 Å². The van der Waals surface area contributed by atoms with Gasteiger partial charge in [-0.15, -0.1) is 0 Å². The number of nitrogens with zero attached hydrogens (tertiary/aromatic N) is 2. The van der Waals surface area contributed by atoms with E-state index in [0.29, 0.717) is 42.5 Å². The number of amides is 2. The van der Waals surface area contributed by atoms with Gasteiger partial charge in [0.2, 0.25) is 5.91 Å². The van der Waals surface area contributed by atoms with Gasteiger partial charge in [-0.2, -0.15) is 0 Å². The topological polar surface area (TPSA) is 80.6 Å².